The Balaban J connectivity index is 1.98. The first-order chi connectivity index (χ1) is 7.81. The molecule has 3 rings (SSSR count). The van der Waals surface area contributed by atoms with Crippen molar-refractivity contribution in [2.24, 2.45) is 0 Å². The standard InChI is InChI=1S/C12H12N4/c1-9-14-11-3-2-10(6-12(11)15-9)7-16-5-4-13-8-16/h2-6,8H,7H2,1H3,(H,14,15). The van der Waals surface area contributed by atoms with Gasteiger partial charge in [0.2, 0.25) is 0 Å². The third-order valence-corrected chi connectivity index (χ3v) is 2.59. The van der Waals surface area contributed by atoms with Crippen LogP contribution in [0.25, 0.3) is 11.0 Å². The minimum absolute atomic E-state index is 0.841. The highest BCUT2D eigenvalue weighted by molar-refractivity contribution is 5.75. The number of nitrogens with one attached hydrogen (secondary N) is 1. The fourth-order valence-electron chi connectivity index (χ4n) is 1.87. The number of imidazole rings is 2. The predicted octanol–water partition coefficient (Wildman–Crippen LogP) is 2.12. The molecule has 0 bridgehead atoms. The molecule has 0 atom stereocenters. The average molecular weight is 212 g/mol. The van der Waals surface area contributed by atoms with Crippen LogP contribution >= 0.6 is 0 Å². The van der Waals surface area contributed by atoms with E-state index in [2.05, 4.69) is 27.1 Å². The van der Waals surface area contributed by atoms with Gasteiger partial charge >= 0.3 is 0 Å². The number of aromatic amines is 1. The molecule has 0 saturated carbocycles. The summed E-state index contributed by atoms with van der Waals surface area (Å²) < 4.78 is 2.05. The maximum absolute atomic E-state index is 4.38. The van der Waals surface area contributed by atoms with E-state index in [-0.39, 0.29) is 0 Å². The summed E-state index contributed by atoms with van der Waals surface area (Å²) in [5.74, 6) is 0.954. The van der Waals surface area contributed by atoms with E-state index in [1.165, 1.54) is 5.56 Å². The maximum Gasteiger partial charge on any atom is 0.104 e. The second kappa shape index (κ2) is 3.48. The number of rotatable bonds is 2. The third kappa shape index (κ3) is 1.58. The molecule has 0 radical (unpaired) electrons. The second-order valence-corrected chi connectivity index (χ2v) is 3.91. The molecule has 1 N–H and O–H groups in total. The Kier molecular flexibility index (Phi) is 1.99. The molecule has 80 valence electrons. The van der Waals surface area contributed by atoms with Crippen molar-refractivity contribution < 1.29 is 0 Å². The first-order valence-corrected chi connectivity index (χ1v) is 5.22. The van der Waals surface area contributed by atoms with Crippen LogP contribution in [0.1, 0.15) is 11.4 Å². The molecule has 0 aliphatic rings. The summed E-state index contributed by atoms with van der Waals surface area (Å²) in [4.78, 5) is 11.6. The smallest absolute Gasteiger partial charge is 0.104 e. The summed E-state index contributed by atoms with van der Waals surface area (Å²) in [5.41, 5.74) is 3.36. The first kappa shape index (κ1) is 9.15. The van der Waals surface area contributed by atoms with E-state index >= 15 is 0 Å². The van der Waals surface area contributed by atoms with E-state index in [1.54, 1.807) is 6.20 Å². The summed E-state index contributed by atoms with van der Waals surface area (Å²) in [6.45, 7) is 2.81. The van der Waals surface area contributed by atoms with Gasteiger partial charge in [-0.25, -0.2) is 9.97 Å². The zero-order chi connectivity index (χ0) is 11.0. The first-order valence-electron chi connectivity index (χ1n) is 5.22. The molecule has 0 aliphatic carbocycles. The predicted molar refractivity (Wildman–Crippen MR) is 62.2 cm³/mol. The Morgan fingerprint density at radius 3 is 3.12 bits per heavy atom. The molecule has 3 aromatic rings. The fourth-order valence-corrected chi connectivity index (χ4v) is 1.87. The lowest BCUT2D eigenvalue weighted by Gasteiger charge is -2.01. The number of benzene rings is 1. The lowest BCUT2D eigenvalue weighted by atomic mass is 10.2. The monoisotopic (exact) mass is 212 g/mol. The molecule has 4 nitrogen and oxygen atoms in total. The van der Waals surface area contributed by atoms with Crippen LogP contribution in [0.2, 0.25) is 0 Å². The van der Waals surface area contributed by atoms with E-state index in [0.29, 0.717) is 0 Å². The number of hydrogen-bond acceptors (Lipinski definition) is 2. The number of fused-ring (bicyclic) bond motifs is 1. The van der Waals surface area contributed by atoms with Crippen LogP contribution in [0.5, 0.6) is 0 Å². The molecule has 0 amide bonds. The molecular weight excluding hydrogens is 200 g/mol. The van der Waals surface area contributed by atoms with E-state index < -0.39 is 0 Å². The van der Waals surface area contributed by atoms with Crippen LogP contribution in [-0.2, 0) is 6.54 Å². The molecular formula is C12H12N4. The van der Waals surface area contributed by atoms with Crippen molar-refractivity contribution in [3.8, 4) is 0 Å². The van der Waals surface area contributed by atoms with Crippen molar-refractivity contribution in [1.29, 1.82) is 0 Å². The van der Waals surface area contributed by atoms with Crippen molar-refractivity contribution in [3.63, 3.8) is 0 Å². The van der Waals surface area contributed by atoms with Gasteiger partial charge in [-0.15, -0.1) is 0 Å². The van der Waals surface area contributed by atoms with Gasteiger partial charge in [-0.2, -0.15) is 0 Å². The Morgan fingerprint density at radius 1 is 1.38 bits per heavy atom. The lowest BCUT2D eigenvalue weighted by Crippen LogP contribution is -1.95. The lowest BCUT2D eigenvalue weighted by molar-refractivity contribution is 0.798. The number of nitrogens with zero attached hydrogens (tertiary/aromatic N) is 3. The van der Waals surface area contributed by atoms with E-state index in [0.717, 1.165) is 23.4 Å². The molecule has 4 heteroatoms. The molecule has 0 spiro atoms. The Labute approximate surface area is 93.0 Å². The summed E-state index contributed by atoms with van der Waals surface area (Å²) >= 11 is 0. The highest BCUT2D eigenvalue weighted by Crippen LogP contribution is 2.14. The minimum Gasteiger partial charge on any atom is -0.342 e. The van der Waals surface area contributed by atoms with Crippen LogP contribution in [0.15, 0.2) is 36.9 Å². The van der Waals surface area contributed by atoms with Crippen LogP contribution in [-0.4, -0.2) is 19.5 Å². The Hall–Kier alpha value is -2.10. The Bertz CT molecular complexity index is 607. The third-order valence-electron chi connectivity index (χ3n) is 2.59. The fraction of sp³-hybridized carbons (Fsp3) is 0.167. The number of aromatic nitrogens is 4. The number of H-pyrrole nitrogens is 1. The van der Waals surface area contributed by atoms with E-state index in [4.69, 9.17) is 0 Å². The SMILES string of the molecule is Cc1nc2ccc(Cn3ccnc3)cc2[nH]1. The summed E-state index contributed by atoms with van der Waals surface area (Å²) in [6, 6.07) is 6.28. The van der Waals surface area contributed by atoms with Gasteiger partial charge in [-0.1, -0.05) is 6.07 Å². The van der Waals surface area contributed by atoms with Gasteiger partial charge in [0.15, 0.2) is 0 Å². The quantitative estimate of drug-likeness (QED) is 0.707. The van der Waals surface area contributed by atoms with Gasteiger partial charge in [-0.3, -0.25) is 0 Å². The normalized spacial score (nSPS) is 11.1. The van der Waals surface area contributed by atoms with Crippen LogP contribution in [0.3, 0.4) is 0 Å². The number of aryl methyl sites for hydroxylation is 1. The van der Waals surface area contributed by atoms with Gasteiger partial charge in [-0.05, 0) is 24.6 Å². The van der Waals surface area contributed by atoms with E-state index in [9.17, 15) is 0 Å². The number of hydrogen-bond donors (Lipinski definition) is 1. The molecule has 2 heterocycles. The molecule has 2 aromatic heterocycles. The Morgan fingerprint density at radius 2 is 2.31 bits per heavy atom. The highest BCUT2D eigenvalue weighted by Gasteiger charge is 2.01. The average Bonchev–Trinajstić information content (AvgIpc) is 2.85. The molecule has 0 unspecified atom stereocenters. The van der Waals surface area contributed by atoms with E-state index in [1.807, 2.05) is 30.1 Å². The molecule has 0 aliphatic heterocycles. The second-order valence-electron chi connectivity index (χ2n) is 3.91. The van der Waals surface area contributed by atoms with Gasteiger partial charge in [0, 0.05) is 18.9 Å². The van der Waals surface area contributed by atoms with Gasteiger partial charge in [0.25, 0.3) is 0 Å². The topological polar surface area (TPSA) is 46.5 Å². The minimum atomic E-state index is 0.841. The zero-order valence-corrected chi connectivity index (χ0v) is 9.01. The van der Waals surface area contributed by atoms with Crippen molar-refractivity contribution in [2.75, 3.05) is 0 Å². The van der Waals surface area contributed by atoms with Gasteiger partial charge in [0.05, 0.1) is 17.4 Å². The van der Waals surface area contributed by atoms with Gasteiger partial charge in [0.1, 0.15) is 5.82 Å². The summed E-state index contributed by atoms with van der Waals surface area (Å²) in [7, 11) is 0. The van der Waals surface area contributed by atoms with Crippen molar-refractivity contribution >= 4 is 11.0 Å². The van der Waals surface area contributed by atoms with Crippen LogP contribution in [0.4, 0.5) is 0 Å². The largest absolute Gasteiger partial charge is 0.342 e. The zero-order valence-electron chi connectivity index (χ0n) is 9.01. The van der Waals surface area contributed by atoms with Crippen molar-refractivity contribution in [2.45, 2.75) is 13.5 Å². The molecule has 16 heavy (non-hydrogen) atoms. The van der Waals surface area contributed by atoms with Crippen LogP contribution in [0, 0.1) is 6.92 Å². The summed E-state index contributed by atoms with van der Waals surface area (Å²) in [5, 5.41) is 0. The molecule has 1 aromatic carbocycles. The maximum atomic E-state index is 4.38. The molecule has 0 saturated heterocycles. The van der Waals surface area contributed by atoms with Gasteiger partial charge < -0.3 is 9.55 Å². The van der Waals surface area contributed by atoms with Crippen molar-refractivity contribution in [3.05, 3.63) is 48.3 Å². The summed E-state index contributed by atoms with van der Waals surface area (Å²) in [6.07, 6.45) is 5.57. The van der Waals surface area contributed by atoms with Crippen molar-refractivity contribution in [1.82, 2.24) is 19.5 Å². The van der Waals surface area contributed by atoms with Crippen LogP contribution < -0.4 is 0 Å². The molecule has 0 fully saturated rings. The highest BCUT2D eigenvalue weighted by atomic mass is 15.0.